The van der Waals surface area contributed by atoms with E-state index >= 15 is 0 Å². The van der Waals surface area contributed by atoms with Crippen LogP contribution in [0.5, 0.6) is 0 Å². The molecule has 0 radical (unpaired) electrons. The molecule has 0 bridgehead atoms. The van der Waals surface area contributed by atoms with Gasteiger partial charge < -0.3 is 14.2 Å². The standard InChI is InChI=1S/C59H114O6/c1-6-7-8-9-10-11-12-24-31-36-41-46-51-59(62)65-56(53-64-58(61)50-45-40-35-30-26-21-23-28-33-38-43-48-55(4)5)52-63-57(60)49-44-39-34-29-25-20-18-16-14-13-15-17-19-22-27-32-37-42-47-54(2)3/h54-56H,6-53H2,1-5H3/t56-/m1/s1. The fourth-order valence-electron chi connectivity index (χ4n) is 9.05. The Morgan fingerprint density at radius 2 is 0.508 bits per heavy atom. The molecule has 0 rings (SSSR count). The topological polar surface area (TPSA) is 78.9 Å². The summed E-state index contributed by atoms with van der Waals surface area (Å²) in [5.41, 5.74) is 0. The van der Waals surface area contributed by atoms with E-state index in [1.165, 1.54) is 218 Å². The molecule has 0 fully saturated rings. The number of unbranched alkanes of at least 4 members (excludes halogenated alkanes) is 38. The van der Waals surface area contributed by atoms with Crippen LogP contribution in [-0.2, 0) is 28.6 Å². The summed E-state index contributed by atoms with van der Waals surface area (Å²) in [5.74, 6) is 0.847. The minimum Gasteiger partial charge on any atom is -0.462 e. The first-order valence-electron chi connectivity index (χ1n) is 29.2. The van der Waals surface area contributed by atoms with Crippen molar-refractivity contribution in [3.05, 3.63) is 0 Å². The Morgan fingerprint density at radius 1 is 0.292 bits per heavy atom. The second-order valence-electron chi connectivity index (χ2n) is 21.2. The van der Waals surface area contributed by atoms with E-state index in [0.29, 0.717) is 19.3 Å². The lowest BCUT2D eigenvalue weighted by Gasteiger charge is -2.18. The molecule has 0 spiro atoms. The van der Waals surface area contributed by atoms with Crippen LogP contribution in [0.15, 0.2) is 0 Å². The minimum absolute atomic E-state index is 0.0626. The van der Waals surface area contributed by atoms with Crippen molar-refractivity contribution in [3.8, 4) is 0 Å². The Morgan fingerprint density at radius 3 is 0.754 bits per heavy atom. The zero-order chi connectivity index (χ0) is 47.5. The van der Waals surface area contributed by atoms with Crippen molar-refractivity contribution < 1.29 is 28.6 Å². The highest BCUT2D eigenvalue weighted by atomic mass is 16.6. The van der Waals surface area contributed by atoms with Gasteiger partial charge in [0.15, 0.2) is 6.10 Å². The molecule has 0 aromatic heterocycles. The van der Waals surface area contributed by atoms with Gasteiger partial charge in [0, 0.05) is 19.3 Å². The number of hydrogen-bond acceptors (Lipinski definition) is 6. The molecule has 0 amide bonds. The molecule has 0 aliphatic rings. The number of esters is 3. The maximum Gasteiger partial charge on any atom is 0.306 e. The Bertz CT molecular complexity index is 993. The Hall–Kier alpha value is -1.59. The lowest BCUT2D eigenvalue weighted by Crippen LogP contribution is -2.30. The van der Waals surface area contributed by atoms with Crippen LogP contribution >= 0.6 is 0 Å². The van der Waals surface area contributed by atoms with E-state index in [4.69, 9.17) is 14.2 Å². The second-order valence-corrected chi connectivity index (χ2v) is 21.2. The van der Waals surface area contributed by atoms with E-state index in [1.807, 2.05) is 0 Å². The van der Waals surface area contributed by atoms with Gasteiger partial charge in [-0.2, -0.15) is 0 Å². The highest BCUT2D eigenvalue weighted by Gasteiger charge is 2.19. The van der Waals surface area contributed by atoms with Gasteiger partial charge in [0.2, 0.25) is 0 Å². The first kappa shape index (κ1) is 63.4. The third-order valence-corrected chi connectivity index (χ3v) is 13.5. The van der Waals surface area contributed by atoms with E-state index < -0.39 is 6.10 Å². The molecular weight excluding hydrogens is 805 g/mol. The van der Waals surface area contributed by atoms with Gasteiger partial charge in [0.1, 0.15) is 13.2 Å². The van der Waals surface area contributed by atoms with Crippen molar-refractivity contribution >= 4 is 17.9 Å². The van der Waals surface area contributed by atoms with Crippen LogP contribution in [-0.4, -0.2) is 37.2 Å². The summed E-state index contributed by atoms with van der Waals surface area (Å²) in [4.78, 5) is 38.1. The van der Waals surface area contributed by atoms with Gasteiger partial charge in [0.05, 0.1) is 0 Å². The van der Waals surface area contributed by atoms with E-state index in [1.54, 1.807) is 0 Å². The van der Waals surface area contributed by atoms with Gasteiger partial charge in [-0.25, -0.2) is 0 Å². The molecule has 0 heterocycles. The minimum atomic E-state index is -0.762. The number of carbonyl (C=O) groups excluding carboxylic acids is 3. The lowest BCUT2D eigenvalue weighted by atomic mass is 10.0. The van der Waals surface area contributed by atoms with E-state index in [-0.39, 0.29) is 31.1 Å². The molecular formula is C59H114O6. The summed E-state index contributed by atoms with van der Waals surface area (Å²) in [6.07, 6.45) is 55.3. The number of rotatable bonds is 53. The number of hydrogen-bond donors (Lipinski definition) is 0. The molecule has 65 heavy (non-hydrogen) atoms. The number of ether oxygens (including phenoxy) is 3. The molecule has 386 valence electrons. The zero-order valence-electron chi connectivity index (χ0n) is 44.6. The van der Waals surface area contributed by atoms with Crippen LogP contribution < -0.4 is 0 Å². The first-order valence-corrected chi connectivity index (χ1v) is 29.2. The molecule has 6 nitrogen and oxygen atoms in total. The monoisotopic (exact) mass is 919 g/mol. The Balaban J connectivity index is 4.22. The zero-order valence-corrected chi connectivity index (χ0v) is 44.6. The van der Waals surface area contributed by atoms with Crippen LogP contribution in [0.4, 0.5) is 0 Å². The van der Waals surface area contributed by atoms with Crippen molar-refractivity contribution in [1.29, 1.82) is 0 Å². The van der Waals surface area contributed by atoms with Crippen LogP contribution in [0.1, 0.15) is 330 Å². The van der Waals surface area contributed by atoms with Crippen molar-refractivity contribution in [1.82, 2.24) is 0 Å². The molecule has 0 unspecified atom stereocenters. The predicted molar refractivity (Wildman–Crippen MR) is 280 cm³/mol. The molecule has 0 N–H and O–H groups in total. The Kier molecular flexibility index (Phi) is 50.5. The quantitative estimate of drug-likeness (QED) is 0.0344. The number of carbonyl (C=O) groups is 3. The molecule has 1 atom stereocenters. The van der Waals surface area contributed by atoms with Gasteiger partial charge >= 0.3 is 17.9 Å². The van der Waals surface area contributed by atoms with Crippen molar-refractivity contribution in [2.45, 2.75) is 336 Å². The average Bonchev–Trinajstić information content (AvgIpc) is 3.28. The largest absolute Gasteiger partial charge is 0.462 e. The molecule has 0 aliphatic carbocycles. The highest BCUT2D eigenvalue weighted by molar-refractivity contribution is 5.71. The van der Waals surface area contributed by atoms with Gasteiger partial charge in [0.25, 0.3) is 0 Å². The van der Waals surface area contributed by atoms with E-state index in [2.05, 4.69) is 34.6 Å². The average molecular weight is 920 g/mol. The third-order valence-electron chi connectivity index (χ3n) is 13.5. The predicted octanol–water partition coefficient (Wildman–Crippen LogP) is 19.3. The SMILES string of the molecule is CCCCCCCCCCCCCCC(=O)O[C@H](COC(=O)CCCCCCCCCCCCCCCCCCCCC(C)C)COC(=O)CCCCCCCCCCCCCC(C)C. The lowest BCUT2D eigenvalue weighted by molar-refractivity contribution is -0.167. The maximum atomic E-state index is 12.8. The molecule has 6 heteroatoms. The second kappa shape index (κ2) is 51.8. The fraction of sp³-hybridized carbons (Fsp3) is 0.949. The Labute approximate surface area is 406 Å². The van der Waals surface area contributed by atoms with E-state index in [0.717, 1.165) is 69.6 Å². The van der Waals surface area contributed by atoms with Gasteiger partial charge in [-0.15, -0.1) is 0 Å². The summed E-state index contributed by atoms with van der Waals surface area (Å²) < 4.78 is 16.9. The smallest absolute Gasteiger partial charge is 0.306 e. The van der Waals surface area contributed by atoms with Crippen molar-refractivity contribution in [3.63, 3.8) is 0 Å². The summed E-state index contributed by atoms with van der Waals surface area (Å²) >= 11 is 0. The molecule has 0 saturated heterocycles. The first-order chi connectivity index (χ1) is 31.7. The van der Waals surface area contributed by atoms with Gasteiger partial charge in [-0.1, -0.05) is 291 Å². The van der Waals surface area contributed by atoms with Crippen molar-refractivity contribution in [2.24, 2.45) is 11.8 Å². The molecule has 0 saturated carbocycles. The van der Waals surface area contributed by atoms with Crippen molar-refractivity contribution in [2.75, 3.05) is 13.2 Å². The third kappa shape index (κ3) is 53.2. The summed E-state index contributed by atoms with van der Waals surface area (Å²) in [7, 11) is 0. The van der Waals surface area contributed by atoms with Gasteiger partial charge in [-0.05, 0) is 31.1 Å². The molecule has 0 aromatic carbocycles. The summed E-state index contributed by atoms with van der Waals surface area (Å²) in [6.45, 7) is 11.4. The van der Waals surface area contributed by atoms with Crippen LogP contribution in [0.2, 0.25) is 0 Å². The van der Waals surface area contributed by atoms with Gasteiger partial charge in [-0.3, -0.25) is 14.4 Å². The van der Waals surface area contributed by atoms with Crippen LogP contribution in [0.3, 0.4) is 0 Å². The van der Waals surface area contributed by atoms with Crippen LogP contribution in [0, 0.1) is 11.8 Å². The van der Waals surface area contributed by atoms with E-state index in [9.17, 15) is 14.4 Å². The summed E-state index contributed by atoms with van der Waals surface area (Å²) in [5, 5.41) is 0. The highest BCUT2D eigenvalue weighted by Crippen LogP contribution is 2.18. The maximum absolute atomic E-state index is 12.8. The summed E-state index contributed by atoms with van der Waals surface area (Å²) in [6, 6.07) is 0. The molecule has 0 aliphatic heterocycles. The van der Waals surface area contributed by atoms with Crippen LogP contribution in [0.25, 0.3) is 0 Å². The molecule has 0 aromatic rings. The fourth-order valence-corrected chi connectivity index (χ4v) is 9.05. The normalized spacial score (nSPS) is 12.0.